The number of nitrogens with two attached hydrogens (primary N) is 1. The quantitative estimate of drug-likeness (QED) is 0.235. The number of amides is 1. The lowest BCUT2D eigenvalue weighted by Gasteiger charge is -2.18. The molecule has 0 bridgehead atoms. The van der Waals surface area contributed by atoms with Crippen LogP contribution in [0.4, 0.5) is 5.69 Å². The maximum absolute atomic E-state index is 13.3. The van der Waals surface area contributed by atoms with Gasteiger partial charge in [0.15, 0.2) is 0 Å². The van der Waals surface area contributed by atoms with Crippen LogP contribution < -0.4 is 15.8 Å². The van der Waals surface area contributed by atoms with Gasteiger partial charge in [0, 0.05) is 11.0 Å². The molecular weight excluding hydrogens is 456 g/mol. The van der Waals surface area contributed by atoms with E-state index in [1.807, 2.05) is 0 Å². The lowest BCUT2D eigenvalue weighted by atomic mass is 9.97. The smallest absolute Gasteiger partial charge is 0.322 e. The predicted octanol–water partition coefficient (Wildman–Crippen LogP) is 2.59. The third kappa shape index (κ3) is 5.60. The lowest BCUT2D eigenvalue weighted by Crippen LogP contribution is -2.30. The van der Waals surface area contributed by atoms with Gasteiger partial charge >= 0.3 is 11.9 Å². The highest BCUT2D eigenvalue weighted by molar-refractivity contribution is 7.98. The summed E-state index contributed by atoms with van der Waals surface area (Å²) < 4.78 is 32.0. The van der Waals surface area contributed by atoms with Crippen molar-refractivity contribution in [3.63, 3.8) is 0 Å². The van der Waals surface area contributed by atoms with Crippen LogP contribution in [0.3, 0.4) is 0 Å². The molecule has 0 radical (unpaired) electrons. The van der Waals surface area contributed by atoms with Crippen molar-refractivity contribution in [1.29, 1.82) is 0 Å². The van der Waals surface area contributed by atoms with Crippen LogP contribution in [-0.2, 0) is 19.4 Å². The molecule has 0 aliphatic heterocycles. The molecule has 0 saturated carbocycles. The highest BCUT2D eigenvalue weighted by Gasteiger charge is 2.28. The van der Waals surface area contributed by atoms with Gasteiger partial charge in [-0.1, -0.05) is 6.07 Å². The Labute approximate surface area is 190 Å². The summed E-state index contributed by atoms with van der Waals surface area (Å²) >= 11 is 1.28. The first-order chi connectivity index (χ1) is 14.8. The minimum absolute atomic E-state index is 0.0902. The number of ether oxygens (including phenoxy) is 1. The number of anilines is 1. The molecule has 172 valence electrons. The summed E-state index contributed by atoms with van der Waals surface area (Å²) in [7, 11) is -4.20. The molecule has 11 heteroatoms. The standard InChI is InChI=1S/C21H24N2O7S2/c1-21(2,3)20(27)30-14-10-12(8-9-15(14)31-4)32(28,29)16-7-5-6-13(18(16)22)19(26)23-11-17(24)25/h5-10H,11,22H2,1-4H3,(H,23,26)(H,24,25). The van der Waals surface area contributed by atoms with Crippen LogP contribution in [-0.4, -0.2) is 44.2 Å². The fourth-order valence-electron chi connectivity index (χ4n) is 2.51. The maximum atomic E-state index is 13.3. The minimum atomic E-state index is -4.20. The summed E-state index contributed by atoms with van der Waals surface area (Å²) in [5.74, 6) is -2.52. The van der Waals surface area contributed by atoms with Crippen LogP contribution in [0.1, 0.15) is 31.1 Å². The van der Waals surface area contributed by atoms with Crippen molar-refractivity contribution in [1.82, 2.24) is 5.32 Å². The number of carboxylic acids is 1. The molecule has 32 heavy (non-hydrogen) atoms. The Morgan fingerprint density at radius 2 is 1.81 bits per heavy atom. The Hall–Kier alpha value is -3.05. The van der Waals surface area contributed by atoms with Crippen LogP contribution in [0.15, 0.2) is 51.1 Å². The molecule has 0 fully saturated rings. The number of para-hydroxylation sites is 1. The van der Waals surface area contributed by atoms with E-state index in [2.05, 4.69) is 5.32 Å². The normalized spacial score (nSPS) is 11.6. The number of hydrogen-bond donors (Lipinski definition) is 3. The van der Waals surface area contributed by atoms with Gasteiger partial charge < -0.3 is 20.9 Å². The number of hydrogen-bond acceptors (Lipinski definition) is 8. The summed E-state index contributed by atoms with van der Waals surface area (Å²) in [4.78, 5) is 35.3. The zero-order valence-corrected chi connectivity index (χ0v) is 19.6. The van der Waals surface area contributed by atoms with Crippen molar-refractivity contribution >= 4 is 45.1 Å². The van der Waals surface area contributed by atoms with Gasteiger partial charge in [-0.05, 0) is 51.3 Å². The first-order valence-corrected chi connectivity index (χ1v) is 12.0. The fourth-order valence-corrected chi connectivity index (χ4v) is 4.44. The number of benzene rings is 2. The van der Waals surface area contributed by atoms with Crippen LogP contribution in [0.5, 0.6) is 5.75 Å². The van der Waals surface area contributed by atoms with Gasteiger partial charge in [-0.25, -0.2) is 8.42 Å². The highest BCUT2D eigenvalue weighted by atomic mass is 32.2. The van der Waals surface area contributed by atoms with Gasteiger partial charge in [0.05, 0.1) is 26.5 Å². The molecule has 4 N–H and O–H groups in total. The summed E-state index contributed by atoms with van der Waals surface area (Å²) in [5, 5.41) is 10.9. The number of aliphatic carboxylic acids is 1. The van der Waals surface area contributed by atoms with E-state index in [9.17, 15) is 22.8 Å². The third-order valence-corrected chi connectivity index (χ3v) is 6.85. The number of carboxylic acid groups (broad SMARTS) is 1. The van der Waals surface area contributed by atoms with Crippen molar-refractivity contribution in [2.45, 2.75) is 35.5 Å². The Balaban J connectivity index is 2.51. The Morgan fingerprint density at radius 1 is 1.16 bits per heavy atom. The third-order valence-electron chi connectivity index (χ3n) is 4.26. The van der Waals surface area contributed by atoms with E-state index in [-0.39, 0.29) is 26.8 Å². The second-order valence-electron chi connectivity index (χ2n) is 7.75. The van der Waals surface area contributed by atoms with Crippen molar-refractivity contribution in [3.8, 4) is 5.75 Å². The van der Waals surface area contributed by atoms with Gasteiger partial charge in [-0.2, -0.15) is 0 Å². The number of carbonyl (C=O) groups excluding carboxylic acids is 2. The zero-order valence-electron chi connectivity index (χ0n) is 18.0. The average Bonchev–Trinajstić information content (AvgIpc) is 2.71. The predicted molar refractivity (Wildman–Crippen MR) is 120 cm³/mol. The van der Waals surface area contributed by atoms with Crippen LogP contribution in [0.25, 0.3) is 0 Å². The average molecular weight is 481 g/mol. The van der Waals surface area contributed by atoms with Gasteiger partial charge in [0.2, 0.25) is 9.84 Å². The van der Waals surface area contributed by atoms with E-state index in [1.54, 1.807) is 27.0 Å². The zero-order chi connectivity index (χ0) is 24.3. The largest absolute Gasteiger partial charge is 0.480 e. The summed E-state index contributed by atoms with van der Waals surface area (Å²) in [5.41, 5.74) is 4.67. The molecule has 0 aliphatic rings. The molecule has 9 nitrogen and oxygen atoms in total. The molecule has 0 heterocycles. The van der Waals surface area contributed by atoms with Gasteiger partial charge in [-0.15, -0.1) is 11.8 Å². The first kappa shape index (κ1) is 25.2. The van der Waals surface area contributed by atoms with E-state index >= 15 is 0 Å². The molecular formula is C21H24N2O7S2. The Bertz CT molecular complexity index is 1170. The van der Waals surface area contributed by atoms with Crippen molar-refractivity contribution in [2.24, 2.45) is 5.41 Å². The highest BCUT2D eigenvalue weighted by Crippen LogP contribution is 2.35. The van der Waals surface area contributed by atoms with Crippen molar-refractivity contribution < 1.29 is 32.6 Å². The van der Waals surface area contributed by atoms with E-state index in [1.165, 1.54) is 48.2 Å². The molecule has 2 aromatic rings. The van der Waals surface area contributed by atoms with Crippen LogP contribution in [0, 0.1) is 5.41 Å². The molecule has 2 aromatic carbocycles. The minimum Gasteiger partial charge on any atom is -0.480 e. The number of carbonyl (C=O) groups is 3. The number of rotatable bonds is 7. The number of esters is 1. The summed E-state index contributed by atoms with van der Waals surface area (Å²) in [6.07, 6.45) is 1.76. The molecule has 0 saturated heterocycles. The van der Waals surface area contributed by atoms with E-state index in [0.29, 0.717) is 4.90 Å². The molecule has 2 rings (SSSR count). The molecule has 0 aromatic heterocycles. The number of nitrogen functional groups attached to an aromatic ring is 1. The molecule has 0 aliphatic carbocycles. The maximum Gasteiger partial charge on any atom is 0.322 e. The van der Waals surface area contributed by atoms with E-state index < -0.39 is 39.6 Å². The number of thioether (sulfide) groups is 1. The Morgan fingerprint density at radius 3 is 2.38 bits per heavy atom. The molecule has 0 unspecified atom stereocenters. The number of sulfone groups is 1. The van der Waals surface area contributed by atoms with Gasteiger partial charge in [0.25, 0.3) is 5.91 Å². The topological polar surface area (TPSA) is 153 Å². The van der Waals surface area contributed by atoms with Gasteiger partial charge in [-0.3, -0.25) is 14.4 Å². The van der Waals surface area contributed by atoms with Crippen LogP contribution in [0.2, 0.25) is 0 Å². The fraction of sp³-hybridized carbons (Fsp3) is 0.286. The molecule has 0 spiro atoms. The van der Waals surface area contributed by atoms with Crippen molar-refractivity contribution in [3.05, 3.63) is 42.0 Å². The van der Waals surface area contributed by atoms with Crippen LogP contribution >= 0.6 is 11.8 Å². The lowest BCUT2D eigenvalue weighted by molar-refractivity contribution is -0.143. The van der Waals surface area contributed by atoms with E-state index in [0.717, 1.165) is 0 Å². The second kappa shape index (κ2) is 9.61. The van der Waals surface area contributed by atoms with Crippen molar-refractivity contribution in [2.75, 3.05) is 18.5 Å². The second-order valence-corrected chi connectivity index (χ2v) is 10.5. The molecule has 1 amide bonds. The SMILES string of the molecule is CSc1ccc(S(=O)(=O)c2cccc(C(=O)NCC(=O)O)c2N)cc1OC(=O)C(C)(C)C. The van der Waals surface area contributed by atoms with E-state index in [4.69, 9.17) is 15.6 Å². The molecule has 0 atom stereocenters. The summed E-state index contributed by atoms with van der Waals surface area (Å²) in [6, 6.07) is 7.96. The first-order valence-electron chi connectivity index (χ1n) is 9.33. The Kier molecular flexibility index (Phi) is 7.58. The number of nitrogens with one attached hydrogen (secondary N) is 1. The summed E-state index contributed by atoms with van der Waals surface area (Å²) in [6.45, 7) is 4.39. The van der Waals surface area contributed by atoms with Gasteiger partial charge in [0.1, 0.15) is 12.3 Å². The monoisotopic (exact) mass is 480 g/mol.